The Hall–Kier alpha value is -6.29. The second-order valence-electron chi connectivity index (χ2n) is 17.6. The molecule has 16 heteroatoms. The molecule has 0 spiro atoms. The number of hydrogen-bond acceptors (Lipinski definition) is 11. The lowest BCUT2D eigenvalue weighted by Gasteiger charge is -2.39. The van der Waals surface area contributed by atoms with Crippen molar-refractivity contribution in [2.75, 3.05) is 44.2 Å². The van der Waals surface area contributed by atoms with Crippen molar-refractivity contribution in [3.63, 3.8) is 0 Å². The van der Waals surface area contributed by atoms with E-state index in [1.165, 1.54) is 35.0 Å². The number of amides is 1. The number of carbonyl (C=O) groups is 1. The number of aromatic nitrogens is 3. The Morgan fingerprint density at radius 1 is 1.05 bits per heavy atom. The van der Waals surface area contributed by atoms with Crippen LogP contribution in [0.25, 0.3) is 16.6 Å². The SMILES string of the molecule is CC1(C)CCC(CN2CCN(c3ccc(C(=O)NS(=O)(=O)c4cc5c(c([N+](=O)[O-])c4)C[C@@H](Cc4cccnc4)CO5)c(Oc4cnc5[nH]ccc5c4)c3)CC2)=C(c2ccc(Cl)cc2)C1. The highest BCUT2D eigenvalue weighted by Crippen LogP contribution is 2.44. The summed E-state index contributed by atoms with van der Waals surface area (Å²) in [5, 5.41) is 13.8. The molecule has 0 saturated carbocycles. The van der Waals surface area contributed by atoms with Crippen molar-refractivity contribution in [1.82, 2.24) is 24.6 Å². The fourth-order valence-electron chi connectivity index (χ4n) is 9.01. The number of carbonyl (C=O) groups excluding carboxylic acids is 1. The number of H-pyrrole nitrogens is 1. The van der Waals surface area contributed by atoms with Gasteiger partial charge in [0, 0.05) is 91.5 Å². The average Bonchev–Trinajstić information content (AvgIpc) is 3.75. The molecule has 0 unspecified atom stereocenters. The second-order valence-corrected chi connectivity index (χ2v) is 19.7. The van der Waals surface area contributed by atoms with Crippen LogP contribution in [0, 0.1) is 21.4 Å². The number of nitro groups is 1. The number of nitrogens with one attached hydrogen (secondary N) is 2. The predicted molar refractivity (Wildman–Crippen MR) is 246 cm³/mol. The summed E-state index contributed by atoms with van der Waals surface area (Å²) in [5.41, 5.74) is 6.58. The van der Waals surface area contributed by atoms with Crippen molar-refractivity contribution in [3.05, 3.63) is 147 Å². The first-order chi connectivity index (χ1) is 30.8. The minimum Gasteiger partial charge on any atom is -0.493 e. The molecule has 0 bridgehead atoms. The van der Waals surface area contributed by atoms with Gasteiger partial charge < -0.3 is 19.4 Å². The van der Waals surface area contributed by atoms with Gasteiger partial charge in [-0.15, -0.1) is 0 Å². The Bertz CT molecular complexity index is 2880. The maximum absolute atomic E-state index is 14.1. The van der Waals surface area contributed by atoms with Gasteiger partial charge in [-0.25, -0.2) is 18.1 Å². The minimum absolute atomic E-state index is 0.0519. The van der Waals surface area contributed by atoms with E-state index >= 15 is 0 Å². The smallest absolute Gasteiger partial charge is 0.277 e. The van der Waals surface area contributed by atoms with Crippen LogP contribution in [-0.4, -0.2) is 78.4 Å². The Morgan fingerprint density at radius 3 is 2.62 bits per heavy atom. The Balaban J connectivity index is 0.945. The van der Waals surface area contributed by atoms with E-state index in [-0.39, 0.29) is 35.0 Å². The van der Waals surface area contributed by atoms with E-state index in [1.807, 2.05) is 30.3 Å². The van der Waals surface area contributed by atoms with Gasteiger partial charge in [0.05, 0.1) is 33.7 Å². The topological polar surface area (TPSA) is 173 Å². The fraction of sp³-hybridized carbons (Fsp3) is 0.312. The Labute approximate surface area is 376 Å². The van der Waals surface area contributed by atoms with Crippen molar-refractivity contribution >= 4 is 55.5 Å². The molecular weight excluding hydrogens is 854 g/mol. The third-order valence-electron chi connectivity index (χ3n) is 12.5. The molecule has 3 aromatic carbocycles. The summed E-state index contributed by atoms with van der Waals surface area (Å²) < 4.78 is 42.2. The molecule has 2 N–H and O–H groups in total. The number of nitro benzene ring substituents is 1. The van der Waals surface area contributed by atoms with Gasteiger partial charge in [0.2, 0.25) is 0 Å². The number of pyridine rings is 2. The van der Waals surface area contributed by atoms with Crippen molar-refractivity contribution in [3.8, 4) is 17.2 Å². The lowest BCUT2D eigenvalue weighted by atomic mass is 9.72. The zero-order valence-electron chi connectivity index (χ0n) is 35.6. The number of hydrogen-bond donors (Lipinski definition) is 2. The van der Waals surface area contributed by atoms with Gasteiger partial charge in [-0.1, -0.05) is 49.2 Å². The summed E-state index contributed by atoms with van der Waals surface area (Å²) >= 11 is 6.25. The summed E-state index contributed by atoms with van der Waals surface area (Å²) in [4.78, 5) is 41.6. The molecule has 64 heavy (non-hydrogen) atoms. The zero-order valence-corrected chi connectivity index (χ0v) is 37.1. The number of benzene rings is 3. The van der Waals surface area contributed by atoms with E-state index in [0.29, 0.717) is 42.9 Å². The monoisotopic (exact) mass is 901 g/mol. The number of ether oxygens (including phenoxy) is 2. The van der Waals surface area contributed by atoms with Gasteiger partial charge in [-0.05, 0) is 96.7 Å². The summed E-state index contributed by atoms with van der Waals surface area (Å²) in [6.45, 7) is 8.83. The van der Waals surface area contributed by atoms with Gasteiger partial charge in [-0.3, -0.25) is 24.8 Å². The third kappa shape index (κ3) is 9.47. The quantitative estimate of drug-likeness (QED) is 0.0887. The van der Waals surface area contributed by atoms with Gasteiger partial charge >= 0.3 is 0 Å². The highest BCUT2D eigenvalue weighted by molar-refractivity contribution is 7.90. The molecule has 3 aromatic heterocycles. The van der Waals surface area contributed by atoms with Gasteiger partial charge in [-0.2, -0.15) is 0 Å². The molecule has 3 aliphatic rings. The normalized spacial score (nSPS) is 17.7. The summed E-state index contributed by atoms with van der Waals surface area (Å²) in [5.74, 6) is -0.508. The van der Waals surface area contributed by atoms with Crippen LogP contribution < -0.4 is 19.1 Å². The Kier molecular flexibility index (Phi) is 11.9. The molecule has 2 aliphatic heterocycles. The molecule has 6 aromatic rings. The first kappa shape index (κ1) is 43.0. The maximum atomic E-state index is 14.1. The Morgan fingerprint density at radius 2 is 1.86 bits per heavy atom. The van der Waals surface area contributed by atoms with E-state index < -0.39 is 31.4 Å². The van der Waals surface area contributed by atoms with Crippen LogP contribution in [0.5, 0.6) is 17.2 Å². The number of sulfonamides is 1. The van der Waals surface area contributed by atoms with Gasteiger partial charge in [0.25, 0.3) is 21.6 Å². The number of rotatable bonds is 12. The van der Waals surface area contributed by atoms with Crippen LogP contribution in [0.2, 0.25) is 5.02 Å². The number of fused-ring (bicyclic) bond motifs is 2. The molecule has 1 saturated heterocycles. The molecule has 9 rings (SSSR count). The van der Waals surface area contributed by atoms with E-state index in [0.717, 1.165) is 66.6 Å². The number of halogens is 1. The molecule has 14 nitrogen and oxygen atoms in total. The third-order valence-corrected chi connectivity index (χ3v) is 14.0. The summed E-state index contributed by atoms with van der Waals surface area (Å²) in [6, 6.07) is 22.8. The standard InChI is InChI=1S/C48H48ClN7O7S/c1-48(2)13-11-35(42(26-48)33-5-7-36(49)8-6-33)29-54-16-18-55(19-17-54)37-9-10-40(45(23-37)63-38-22-34-12-15-51-46(34)52-28-38)47(57)53-64(60,61)39-24-43(56(58)59)41-21-32(30-62-44(41)25-39)20-31-4-3-14-50-27-31/h3-10,12,14-15,22-25,27-28,32H,11,13,16-21,26,29-30H2,1-2H3,(H,51,52)(H,53,57)/t32-/m1/s1. The molecule has 1 fully saturated rings. The zero-order chi connectivity index (χ0) is 44.6. The fourth-order valence-corrected chi connectivity index (χ4v) is 10.1. The maximum Gasteiger partial charge on any atom is 0.277 e. The van der Waals surface area contributed by atoms with Gasteiger partial charge in [0.1, 0.15) is 22.9 Å². The molecule has 5 heterocycles. The first-order valence-corrected chi connectivity index (χ1v) is 23.2. The molecule has 1 aliphatic carbocycles. The number of anilines is 1. The first-order valence-electron chi connectivity index (χ1n) is 21.4. The molecule has 1 atom stereocenters. The molecule has 330 valence electrons. The largest absolute Gasteiger partial charge is 0.493 e. The predicted octanol–water partition coefficient (Wildman–Crippen LogP) is 9.01. The van der Waals surface area contributed by atoms with E-state index in [9.17, 15) is 23.3 Å². The highest BCUT2D eigenvalue weighted by atomic mass is 35.5. The van der Waals surface area contributed by atoms with Crippen LogP contribution in [0.3, 0.4) is 0 Å². The van der Waals surface area contributed by atoms with Crippen molar-refractivity contribution in [1.29, 1.82) is 0 Å². The molecular formula is C48H48ClN7O7S. The van der Waals surface area contributed by atoms with Crippen LogP contribution in [-0.2, 0) is 22.9 Å². The highest BCUT2D eigenvalue weighted by Gasteiger charge is 2.33. The molecule has 1 amide bonds. The van der Waals surface area contributed by atoms with Crippen molar-refractivity contribution < 1.29 is 27.6 Å². The van der Waals surface area contributed by atoms with E-state index in [2.05, 4.69) is 55.5 Å². The number of allylic oxidation sites excluding steroid dienone is 1. The lowest BCUT2D eigenvalue weighted by molar-refractivity contribution is -0.386. The number of nitrogens with zero attached hydrogens (tertiary/aromatic N) is 5. The van der Waals surface area contributed by atoms with Crippen molar-refractivity contribution in [2.45, 2.75) is 50.8 Å². The van der Waals surface area contributed by atoms with Crippen LogP contribution in [0.1, 0.15) is 60.2 Å². The minimum atomic E-state index is -4.64. The van der Waals surface area contributed by atoms with E-state index in [1.54, 1.807) is 36.8 Å². The van der Waals surface area contributed by atoms with Crippen LogP contribution in [0.4, 0.5) is 11.4 Å². The van der Waals surface area contributed by atoms with Crippen molar-refractivity contribution in [2.24, 2.45) is 11.3 Å². The number of aromatic amines is 1. The van der Waals surface area contributed by atoms with Crippen LogP contribution in [0.15, 0.2) is 114 Å². The molecule has 0 radical (unpaired) electrons. The van der Waals surface area contributed by atoms with E-state index in [4.69, 9.17) is 21.1 Å². The second kappa shape index (κ2) is 17.7. The average molecular weight is 902 g/mol. The van der Waals surface area contributed by atoms with Gasteiger partial charge in [0.15, 0.2) is 0 Å². The summed E-state index contributed by atoms with van der Waals surface area (Å²) in [6.07, 6.45) is 10.8. The van der Waals surface area contributed by atoms with Crippen LogP contribution >= 0.6 is 11.6 Å². The summed E-state index contributed by atoms with van der Waals surface area (Å²) in [7, 11) is -4.64. The number of piperazine rings is 1. The lowest BCUT2D eigenvalue weighted by Crippen LogP contribution is -2.47.